The third kappa shape index (κ3) is 3.85. The Balaban J connectivity index is 1.78. The van der Waals surface area contributed by atoms with E-state index in [1.165, 1.54) is 6.92 Å². The molecule has 1 saturated heterocycles. The summed E-state index contributed by atoms with van der Waals surface area (Å²) in [6.07, 6.45) is 5.69. The van der Waals surface area contributed by atoms with Gasteiger partial charge in [0.2, 0.25) is 0 Å². The monoisotopic (exact) mass is 355 g/mol. The number of hydrogen-bond donors (Lipinski definition) is 0. The van der Waals surface area contributed by atoms with Crippen molar-refractivity contribution in [2.75, 3.05) is 26.8 Å². The number of aromatic nitrogens is 2. The SMILES string of the molecule is COCCn1ccnc1C1CCCN(C(=O)c2ccccc2C(C)=O)C1. The van der Waals surface area contributed by atoms with Crippen LogP contribution in [0, 0.1) is 0 Å². The Hall–Kier alpha value is -2.47. The van der Waals surface area contributed by atoms with Crippen LogP contribution in [-0.4, -0.2) is 52.9 Å². The number of ether oxygens (including phenoxy) is 1. The molecule has 0 bridgehead atoms. The summed E-state index contributed by atoms with van der Waals surface area (Å²) in [6, 6.07) is 7.05. The van der Waals surface area contributed by atoms with Gasteiger partial charge in [0.05, 0.1) is 12.2 Å². The first-order valence-electron chi connectivity index (χ1n) is 9.01. The number of Topliss-reactive ketones (excluding diaryl/α,β-unsaturated/α-hetero) is 1. The molecule has 1 aromatic heterocycles. The third-order valence-electron chi connectivity index (χ3n) is 4.89. The topological polar surface area (TPSA) is 64.4 Å². The molecule has 1 atom stereocenters. The second-order valence-electron chi connectivity index (χ2n) is 6.66. The zero-order chi connectivity index (χ0) is 18.5. The number of carbonyl (C=O) groups is 2. The summed E-state index contributed by atoms with van der Waals surface area (Å²) in [7, 11) is 1.68. The zero-order valence-corrected chi connectivity index (χ0v) is 15.4. The zero-order valence-electron chi connectivity index (χ0n) is 15.4. The van der Waals surface area contributed by atoms with Crippen molar-refractivity contribution in [1.29, 1.82) is 0 Å². The minimum atomic E-state index is -0.0855. The van der Waals surface area contributed by atoms with Crippen LogP contribution in [-0.2, 0) is 11.3 Å². The lowest BCUT2D eigenvalue weighted by atomic mass is 9.95. The number of methoxy groups -OCH3 is 1. The first-order chi connectivity index (χ1) is 12.6. The summed E-state index contributed by atoms with van der Waals surface area (Å²) in [5, 5.41) is 0. The Morgan fingerprint density at radius 3 is 2.77 bits per heavy atom. The molecule has 6 heteroatoms. The van der Waals surface area contributed by atoms with Gasteiger partial charge in [0.1, 0.15) is 5.82 Å². The van der Waals surface area contributed by atoms with Crippen LogP contribution in [0.25, 0.3) is 0 Å². The first-order valence-corrected chi connectivity index (χ1v) is 9.01. The van der Waals surface area contributed by atoms with Gasteiger partial charge in [-0.1, -0.05) is 18.2 Å². The molecule has 0 N–H and O–H groups in total. The van der Waals surface area contributed by atoms with E-state index in [4.69, 9.17) is 4.74 Å². The Bertz CT molecular complexity index is 784. The molecule has 1 aliphatic heterocycles. The van der Waals surface area contributed by atoms with E-state index in [0.29, 0.717) is 30.8 Å². The molecule has 1 unspecified atom stereocenters. The lowest BCUT2D eigenvalue weighted by Crippen LogP contribution is -2.40. The highest BCUT2D eigenvalue weighted by atomic mass is 16.5. The molecular weight excluding hydrogens is 330 g/mol. The fourth-order valence-corrected chi connectivity index (χ4v) is 3.58. The number of imidazole rings is 1. The Labute approximate surface area is 153 Å². The largest absolute Gasteiger partial charge is 0.383 e. The van der Waals surface area contributed by atoms with Crippen molar-refractivity contribution in [2.45, 2.75) is 32.2 Å². The standard InChI is InChI=1S/C20H25N3O3/c1-15(24)17-7-3-4-8-18(17)20(25)23-10-5-6-16(14-23)19-21-9-11-22(19)12-13-26-2/h3-4,7-9,11,16H,5-6,10,12-14H2,1-2H3. The number of nitrogens with zero attached hydrogens (tertiary/aromatic N) is 3. The summed E-state index contributed by atoms with van der Waals surface area (Å²) < 4.78 is 7.27. The van der Waals surface area contributed by atoms with E-state index in [1.807, 2.05) is 11.1 Å². The molecule has 2 aromatic rings. The van der Waals surface area contributed by atoms with Crippen LogP contribution in [0.15, 0.2) is 36.7 Å². The maximum atomic E-state index is 13.0. The van der Waals surface area contributed by atoms with E-state index in [-0.39, 0.29) is 17.6 Å². The Morgan fingerprint density at radius 1 is 1.27 bits per heavy atom. The van der Waals surface area contributed by atoms with E-state index in [1.54, 1.807) is 37.6 Å². The summed E-state index contributed by atoms with van der Waals surface area (Å²) in [5.41, 5.74) is 0.976. The van der Waals surface area contributed by atoms with Gasteiger partial charge in [-0.05, 0) is 25.8 Å². The molecule has 3 rings (SSSR count). The Kier molecular flexibility index (Phi) is 5.83. The second kappa shape index (κ2) is 8.27. The summed E-state index contributed by atoms with van der Waals surface area (Å²) in [4.78, 5) is 31.3. The molecule has 0 saturated carbocycles. The van der Waals surface area contributed by atoms with Crippen LogP contribution in [0.5, 0.6) is 0 Å². The summed E-state index contributed by atoms with van der Waals surface area (Å²) in [6.45, 7) is 4.21. The van der Waals surface area contributed by atoms with Crippen molar-refractivity contribution in [3.05, 3.63) is 53.6 Å². The molecule has 6 nitrogen and oxygen atoms in total. The van der Waals surface area contributed by atoms with Gasteiger partial charge in [0.25, 0.3) is 5.91 Å². The molecule has 1 aromatic carbocycles. The van der Waals surface area contributed by atoms with E-state index in [0.717, 1.165) is 25.2 Å². The number of hydrogen-bond acceptors (Lipinski definition) is 4. The molecule has 0 spiro atoms. The Morgan fingerprint density at radius 2 is 2.04 bits per heavy atom. The van der Waals surface area contributed by atoms with Crippen molar-refractivity contribution in [3.8, 4) is 0 Å². The van der Waals surface area contributed by atoms with Crippen LogP contribution >= 0.6 is 0 Å². The van der Waals surface area contributed by atoms with Gasteiger partial charge < -0.3 is 14.2 Å². The van der Waals surface area contributed by atoms with Gasteiger partial charge in [-0.15, -0.1) is 0 Å². The number of amides is 1. The van der Waals surface area contributed by atoms with E-state index < -0.39 is 0 Å². The smallest absolute Gasteiger partial charge is 0.254 e. The van der Waals surface area contributed by atoms with Gasteiger partial charge in [-0.25, -0.2) is 4.98 Å². The normalized spacial score (nSPS) is 17.3. The fourth-order valence-electron chi connectivity index (χ4n) is 3.58. The maximum Gasteiger partial charge on any atom is 0.254 e. The maximum absolute atomic E-state index is 13.0. The average Bonchev–Trinajstić information content (AvgIpc) is 3.14. The highest BCUT2D eigenvalue weighted by Gasteiger charge is 2.29. The molecule has 1 amide bonds. The molecule has 0 aliphatic carbocycles. The quantitative estimate of drug-likeness (QED) is 0.748. The van der Waals surface area contributed by atoms with Crippen molar-refractivity contribution >= 4 is 11.7 Å². The minimum absolute atomic E-state index is 0.0736. The van der Waals surface area contributed by atoms with Gasteiger partial charge in [0.15, 0.2) is 5.78 Å². The molecule has 2 heterocycles. The van der Waals surface area contributed by atoms with Crippen LogP contribution in [0.3, 0.4) is 0 Å². The van der Waals surface area contributed by atoms with Crippen LogP contribution in [0.2, 0.25) is 0 Å². The van der Waals surface area contributed by atoms with E-state index >= 15 is 0 Å². The molecule has 1 aliphatic rings. The predicted octanol–water partition coefficient (Wildman–Crippen LogP) is 2.75. The molecular formula is C20H25N3O3. The second-order valence-corrected chi connectivity index (χ2v) is 6.66. The molecule has 0 radical (unpaired) electrons. The van der Waals surface area contributed by atoms with Crippen LogP contribution in [0.4, 0.5) is 0 Å². The minimum Gasteiger partial charge on any atom is -0.383 e. The van der Waals surface area contributed by atoms with Gasteiger partial charge >= 0.3 is 0 Å². The number of rotatable bonds is 6. The highest BCUT2D eigenvalue weighted by Crippen LogP contribution is 2.27. The third-order valence-corrected chi connectivity index (χ3v) is 4.89. The summed E-state index contributed by atoms with van der Waals surface area (Å²) >= 11 is 0. The van der Waals surface area contributed by atoms with Crippen LogP contribution < -0.4 is 0 Å². The number of carbonyl (C=O) groups excluding carboxylic acids is 2. The van der Waals surface area contributed by atoms with Crippen molar-refractivity contribution in [3.63, 3.8) is 0 Å². The number of ketones is 1. The first kappa shape index (κ1) is 18.3. The molecule has 138 valence electrons. The average molecular weight is 355 g/mol. The van der Waals surface area contributed by atoms with Crippen molar-refractivity contribution < 1.29 is 14.3 Å². The van der Waals surface area contributed by atoms with E-state index in [2.05, 4.69) is 9.55 Å². The highest BCUT2D eigenvalue weighted by molar-refractivity contribution is 6.07. The number of benzene rings is 1. The van der Waals surface area contributed by atoms with Gasteiger partial charge in [-0.2, -0.15) is 0 Å². The lowest BCUT2D eigenvalue weighted by Gasteiger charge is -2.33. The number of likely N-dealkylation sites (tertiary alicyclic amines) is 1. The van der Waals surface area contributed by atoms with E-state index in [9.17, 15) is 9.59 Å². The summed E-state index contributed by atoms with van der Waals surface area (Å²) in [5.74, 6) is 1.04. The molecule has 26 heavy (non-hydrogen) atoms. The fraction of sp³-hybridized carbons (Fsp3) is 0.450. The number of piperidine rings is 1. The lowest BCUT2D eigenvalue weighted by molar-refractivity contribution is 0.0698. The van der Waals surface area contributed by atoms with Crippen LogP contribution in [0.1, 0.15) is 52.2 Å². The molecule has 1 fully saturated rings. The van der Waals surface area contributed by atoms with Gasteiger partial charge in [0, 0.05) is 50.6 Å². The van der Waals surface area contributed by atoms with Crippen molar-refractivity contribution in [2.24, 2.45) is 0 Å². The van der Waals surface area contributed by atoms with Crippen molar-refractivity contribution in [1.82, 2.24) is 14.5 Å². The van der Waals surface area contributed by atoms with Gasteiger partial charge in [-0.3, -0.25) is 9.59 Å². The predicted molar refractivity (Wildman–Crippen MR) is 98.4 cm³/mol.